The number of ether oxygens (including phenoxy) is 3. The Hall–Kier alpha value is -2.40. The number of nitrogens with zero attached hydrogens (tertiary/aromatic N) is 1. The van der Waals surface area contributed by atoms with E-state index in [9.17, 15) is 18.8 Å². The van der Waals surface area contributed by atoms with Crippen LogP contribution in [0.5, 0.6) is 11.5 Å². The molecule has 3 rings (SSSR count). The second kappa shape index (κ2) is 5.60. The molecule has 128 valence electrons. The number of nitrogens with one attached hydrogen (secondary N) is 1. The van der Waals surface area contributed by atoms with E-state index in [2.05, 4.69) is 20.9 Å². The van der Waals surface area contributed by atoms with Crippen LogP contribution in [-0.2, 0) is 9.53 Å². The van der Waals surface area contributed by atoms with Crippen LogP contribution in [0.15, 0.2) is 18.2 Å². The van der Waals surface area contributed by atoms with Crippen molar-refractivity contribution < 1.29 is 27.8 Å². The lowest BCUT2D eigenvalue weighted by molar-refractivity contribution is -0.286. The van der Waals surface area contributed by atoms with Crippen LogP contribution in [0.4, 0.5) is 8.78 Å². The molecule has 24 heavy (non-hydrogen) atoms. The number of halogens is 2. The summed E-state index contributed by atoms with van der Waals surface area (Å²) in [5.74, 6) is -0.602. The van der Waals surface area contributed by atoms with Crippen LogP contribution in [0.25, 0.3) is 0 Å². The Labute approximate surface area is 137 Å². The predicted octanol–water partition coefficient (Wildman–Crippen LogP) is 2.50. The number of alkyl halides is 2. The quantitative estimate of drug-likeness (QED) is 0.853. The fourth-order valence-corrected chi connectivity index (χ4v) is 3.10. The molecule has 0 spiro atoms. The number of carbonyl (C=O) groups excluding carboxylic acids is 1. The van der Waals surface area contributed by atoms with Crippen molar-refractivity contribution in [3.63, 3.8) is 0 Å². The van der Waals surface area contributed by atoms with Crippen LogP contribution in [0.1, 0.15) is 31.9 Å². The average molecular weight is 338 g/mol. The summed E-state index contributed by atoms with van der Waals surface area (Å²) < 4.78 is 40.1. The van der Waals surface area contributed by atoms with Crippen molar-refractivity contribution in [3.8, 4) is 17.6 Å². The lowest BCUT2D eigenvalue weighted by Gasteiger charge is -2.23. The number of nitriles is 1. The van der Waals surface area contributed by atoms with E-state index in [-0.39, 0.29) is 24.5 Å². The van der Waals surface area contributed by atoms with Gasteiger partial charge in [-0.05, 0) is 38.0 Å². The number of carbonyl (C=O) groups is 1. The number of fused-ring (bicyclic) bond motifs is 1. The monoisotopic (exact) mass is 338 g/mol. The largest absolute Gasteiger partial charge is 0.586 e. The molecule has 3 atom stereocenters. The third-order valence-electron chi connectivity index (χ3n) is 4.22. The third kappa shape index (κ3) is 2.76. The Morgan fingerprint density at radius 1 is 1.46 bits per heavy atom. The van der Waals surface area contributed by atoms with Gasteiger partial charge in [0, 0.05) is 0 Å². The molecule has 8 heteroatoms. The fraction of sp³-hybridized carbons (Fsp3) is 0.500. The summed E-state index contributed by atoms with van der Waals surface area (Å²) in [6.07, 6.45) is -3.44. The molecule has 0 saturated carbocycles. The lowest BCUT2D eigenvalue weighted by Crippen LogP contribution is -2.34. The SMILES string of the molecule is CCOC(=O)[C@@H]1C[C@](C)(C#N)[C@H](c2ccc3c(c2)OC(F)(F)O3)N1. The standard InChI is InChI=1S/C16H16F2N2O4/c1-3-22-14(21)10-7-15(2,8-19)13(20-10)9-4-5-11-12(6-9)24-16(17,18)23-11/h4-6,10,13,20H,3,7H2,1-2H3/t10-,13-,15+/m0/s1. The van der Waals surface area contributed by atoms with Crippen molar-refractivity contribution in [2.45, 2.75) is 38.6 Å². The molecule has 1 fully saturated rings. The van der Waals surface area contributed by atoms with Crippen molar-refractivity contribution in [3.05, 3.63) is 23.8 Å². The van der Waals surface area contributed by atoms with Crippen LogP contribution in [-0.4, -0.2) is 24.9 Å². The first kappa shape index (κ1) is 16.5. The van der Waals surface area contributed by atoms with Gasteiger partial charge < -0.3 is 14.2 Å². The highest BCUT2D eigenvalue weighted by Gasteiger charge is 2.49. The lowest BCUT2D eigenvalue weighted by atomic mass is 9.80. The minimum atomic E-state index is -3.70. The summed E-state index contributed by atoms with van der Waals surface area (Å²) in [7, 11) is 0. The van der Waals surface area contributed by atoms with E-state index in [0.29, 0.717) is 5.56 Å². The molecule has 1 N–H and O–H groups in total. The van der Waals surface area contributed by atoms with Crippen LogP contribution in [0, 0.1) is 16.7 Å². The zero-order valence-corrected chi connectivity index (χ0v) is 13.1. The highest BCUT2D eigenvalue weighted by Crippen LogP contribution is 2.47. The predicted molar refractivity (Wildman–Crippen MR) is 77.3 cm³/mol. The van der Waals surface area contributed by atoms with Crippen LogP contribution in [0.2, 0.25) is 0 Å². The van der Waals surface area contributed by atoms with Gasteiger partial charge >= 0.3 is 12.3 Å². The molecule has 1 aromatic rings. The van der Waals surface area contributed by atoms with Gasteiger partial charge in [0.2, 0.25) is 0 Å². The zero-order chi connectivity index (χ0) is 17.5. The molecule has 0 amide bonds. The van der Waals surface area contributed by atoms with Gasteiger partial charge in [0.1, 0.15) is 6.04 Å². The Balaban J connectivity index is 1.89. The van der Waals surface area contributed by atoms with Gasteiger partial charge in [-0.15, -0.1) is 8.78 Å². The molecule has 0 radical (unpaired) electrons. The molecule has 1 saturated heterocycles. The molecule has 2 heterocycles. The van der Waals surface area contributed by atoms with Crippen molar-refractivity contribution in [2.24, 2.45) is 5.41 Å². The summed E-state index contributed by atoms with van der Waals surface area (Å²) >= 11 is 0. The van der Waals surface area contributed by atoms with Gasteiger partial charge in [0.05, 0.1) is 24.1 Å². The third-order valence-corrected chi connectivity index (χ3v) is 4.22. The normalized spacial score (nSPS) is 30.0. The van der Waals surface area contributed by atoms with Crippen LogP contribution >= 0.6 is 0 Å². The smallest absolute Gasteiger partial charge is 0.465 e. The van der Waals surface area contributed by atoms with E-state index in [0.717, 1.165) is 0 Å². The maximum Gasteiger partial charge on any atom is 0.586 e. The van der Waals surface area contributed by atoms with Gasteiger partial charge in [-0.25, -0.2) is 0 Å². The molecule has 0 aromatic heterocycles. The Morgan fingerprint density at radius 3 is 2.83 bits per heavy atom. The van der Waals surface area contributed by atoms with Crippen molar-refractivity contribution in [1.82, 2.24) is 5.32 Å². The summed E-state index contributed by atoms with van der Waals surface area (Å²) in [5.41, 5.74) is -0.334. The summed E-state index contributed by atoms with van der Waals surface area (Å²) in [6, 6.07) is 5.39. The van der Waals surface area contributed by atoms with E-state index in [1.54, 1.807) is 19.9 Å². The molecule has 0 unspecified atom stereocenters. The summed E-state index contributed by atoms with van der Waals surface area (Å²) in [4.78, 5) is 12.0. The fourth-order valence-electron chi connectivity index (χ4n) is 3.10. The topological polar surface area (TPSA) is 80.6 Å². The second-order valence-electron chi connectivity index (χ2n) is 6.01. The molecule has 1 aromatic carbocycles. The number of esters is 1. The van der Waals surface area contributed by atoms with Crippen molar-refractivity contribution >= 4 is 5.97 Å². The first-order valence-corrected chi connectivity index (χ1v) is 7.52. The average Bonchev–Trinajstić information content (AvgIpc) is 3.02. The van der Waals surface area contributed by atoms with E-state index in [1.165, 1.54) is 12.1 Å². The molecule has 2 aliphatic heterocycles. The van der Waals surface area contributed by atoms with Gasteiger partial charge in [-0.1, -0.05) is 6.07 Å². The molecular weight excluding hydrogens is 322 g/mol. The Kier molecular flexibility index (Phi) is 3.84. The molecular formula is C16H16F2N2O4. The van der Waals surface area contributed by atoms with E-state index < -0.39 is 29.8 Å². The number of hydrogen-bond donors (Lipinski definition) is 1. The second-order valence-corrected chi connectivity index (χ2v) is 6.01. The molecule has 0 aliphatic carbocycles. The summed E-state index contributed by atoms with van der Waals surface area (Å²) in [6.45, 7) is 3.65. The number of rotatable bonds is 3. The van der Waals surface area contributed by atoms with Gasteiger partial charge in [0.25, 0.3) is 0 Å². The maximum absolute atomic E-state index is 13.1. The molecule has 6 nitrogen and oxygen atoms in total. The Morgan fingerprint density at radius 2 is 2.17 bits per heavy atom. The zero-order valence-electron chi connectivity index (χ0n) is 13.1. The summed E-state index contributed by atoms with van der Waals surface area (Å²) in [5, 5.41) is 12.6. The first-order chi connectivity index (χ1) is 11.3. The van der Waals surface area contributed by atoms with Crippen LogP contribution < -0.4 is 14.8 Å². The highest BCUT2D eigenvalue weighted by molar-refractivity contribution is 5.76. The number of benzene rings is 1. The van der Waals surface area contributed by atoms with Gasteiger partial charge in [0.15, 0.2) is 11.5 Å². The number of hydrogen-bond acceptors (Lipinski definition) is 6. The molecule has 2 aliphatic rings. The van der Waals surface area contributed by atoms with E-state index in [4.69, 9.17) is 4.74 Å². The van der Waals surface area contributed by atoms with E-state index in [1.807, 2.05) is 0 Å². The maximum atomic E-state index is 13.1. The van der Waals surface area contributed by atoms with Crippen LogP contribution in [0.3, 0.4) is 0 Å². The minimum absolute atomic E-state index is 0.0673. The van der Waals surface area contributed by atoms with Gasteiger partial charge in [-0.2, -0.15) is 5.26 Å². The van der Waals surface area contributed by atoms with Crippen molar-refractivity contribution in [2.75, 3.05) is 6.61 Å². The molecule has 0 bridgehead atoms. The van der Waals surface area contributed by atoms with Crippen molar-refractivity contribution in [1.29, 1.82) is 5.26 Å². The highest BCUT2D eigenvalue weighted by atomic mass is 19.3. The van der Waals surface area contributed by atoms with Gasteiger partial charge in [-0.3, -0.25) is 10.1 Å². The first-order valence-electron chi connectivity index (χ1n) is 7.52. The van der Waals surface area contributed by atoms with E-state index >= 15 is 0 Å². The Bertz CT molecular complexity index is 719. The minimum Gasteiger partial charge on any atom is -0.465 e.